The van der Waals surface area contributed by atoms with Crippen molar-refractivity contribution in [2.24, 2.45) is 0 Å². The van der Waals surface area contributed by atoms with Crippen molar-refractivity contribution in [2.75, 3.05) is 11.9 Å². The Bertz CT molecular complexity index is 593. The second-order valence-corrected chi connectivity index (χ2v) is 5.34. The van der Waals surface area contributed by atoms with E-state index in [1.165, 1.54) is 5.56 Å². The monoisotopic (exact) mass is 314 g/mol. The van der Waals surface area contributed by atoms with E-state index < -0.39 is 0 Å². The van der Waals surface area contributed by atoms with Gasteiger partial charge in [-0.1, -0.05) is 31.2 Å². The van der Waals surface area contributed by atoms with Crippen molar-refractivity contribution >= 4 is 23.0 Å². The summed E-state index contributed by atoms with van der Waals surface area (Å²) in [5.74, 6) is 0.892. The van der Waals surface area contributed by atoms with Gasteiger partial charge in [-0.05, 0) is 61.0 Å². The van der Waals surface area contributed by atoms with Crippen LogP contribution in [0.15, 0.2) is 48.5 Å². The predicted molar refractivity (Wildman–Crippen MR) is 96.5 cm³/mol. The SMILES string of the molecule is CCOc1ccc(CNC(=S)Nc2ccc(CC)cc2)cc1. The summed E-state index contributed by atoms with van der Waals surface area (Å²) in [4.78, 5) is 0. The maximum absolute atomic E-state index is 5.43. The molecule has 2 aromatic carbocycles. The van der Waals surface area contributed by atoms with Crippen LogP contribution in [0, 0.1) is 0 Å². The first-order chi connectivity index (χ1) is 10.7. The highest BCUT2D eigenvalue weighted by atomic mass is 32.1. The zero-order chi connectivity index (χ0) is 15.8. The standard InChI is InChI=1S/C18H22N2OS/c1-3-14-5-9-16(10-6-14)20-18(22)19-13-15-7-11-17(12-8-15)21-4-2/h5-12H,3-4,13H2,1-2H3,(H2,19,20,22). The summed E-state index contributed by atoms with van der Waals surface area (Å²) in [6.07, 6.45) is 1.04. The lowest BCUT2D eigenvalue weighted by atomic mass is 10.1. The number of aryl methyl sites for hydroxylation is 1. The Hall–Kier alpha value is -2.07. The minimum Gasteiger partial charge on any atom is -0.494 e. The van der Waals surface area contributed by atoms with Gasteiger partial charge in [0.15, 0.2) is 5.11 Å². The number of thiocarbonyl (C=S) groups is 1. The van der Waals surface area contributed by atoms with Crippen LogP contribution in [0.3, 0.4) is 0 Å². The smallest absolute Gasteiger partial charge is 0.171 e. The third-order valence-electron chi connectivity index (χ3n) is 3.31. The molecule has 2 rings (SSSR count). The van der Waals surface area contributed by atoms with Crippen molar-refractivity contribution in [3.63, 3.8) is 0 Å². The fourth-order valence-corrected chi connectivity index (χ4v) is 2.24. The molecule has 0 radical (unpaired) electrons. The summed E-state index contributed by atoms with van der Waals surface area (Å²) in [5.41, 5.74) is 3.48. The summed E-state index contributed by atoms with van der Waals surface area (Å²) in [6, 6.07) is 16.3. The van der Waals surface area contributed by atoms with Crippen LogP contribution in [0.25, 0.3) is 0 Å². The largest absolute Gasteiger partial charge is 0.494 e. The number of nitrogens with one attached hydrogen (secondary N) is 2. The summed E-state index contributed by atoms with van der Waals surface area (Å²) < 4.78 is 5.43. The summed E-state index contributed by atoms with van der Waals surface area (Å²) >= 11 is 5.32. The number of ether oxygens (including phenoxy) is 1. The molecule has 0 bridgehead atoms. The number of hydrogen-bond donors (Lipinski definition) is 2. The second-order valence-electron chi connectivity index (χ2n) is 4.94. The van der Waals surface area contributed by atoms with Gasteiger partial charge in [-0.2, -0.15) is 0 Å². The number of anilines is 1. The Morgan fingerprint density at radius 3 is 2.18 bits per heavy atom. The first-order valence-electron chi connectivity index (χ1n) is 7.56. The molecule has 3 nitrogen and oxygen atoms in total. The minimum absolute atomic E-state index is 0.623. The summed E-state index contributed by atoms with van der Waals surface area (Å²) in [5, 5.41) is 7.02. The lowest BCUT2D eigenvalue weighted by Crippen LogP contribution is -2.27. The highest BCUT2D eigenvalue weighted by molar-refractivity contribution is 7.80. The molecule has 0 unspecified atom stereocenters. The highest BCUT2D eigenvalue weighted by Crippen LogP contribution is 2.12. The molecule has 0 saturated heterocycles. The molecule has 0 saturated carbocycles. The van der Waals surface area contributed by atoms with Crippen LogP contribution < -0.4 is 15.4 Å². The van der Waals surface area contributed by atoms with Crippen molar-refractivity contribution in [1.82, 2.24) is 5.32 Å². The van der Waals surface area contributed by atoms with Gasteiger partial charge in [0.25, 0.3) is 0 Å². The van der Waals surface area contributed by atoms with E-state index in [2.05, 4.69) is 29.7 Å². The van der Waals surface area contributed by atoms with Crippen molar-refractivity contribution in [1.29, 1.82) is 0 Å². The number of hydrogen-bond acceptors (Lipinski definition) is 2. The normalized spacial score (nSPS) is 10.1. The molecule has 0 spiro atoms. The third-order valence-corrected chi connectivity index (χ3v) is 3.55. The van der Waals surface area contributed by atoms with Crippen LogP contribution in [0.1, 0.15) is 25.0 Å². The van der Waals surface area contributed by atoms with Crippen molar-refractivity contribution in [3.05, 3.63) is 59.7 Å². The number of rotatable bonds is 6. The molecule has 116 valence electrons. The Kier molecular flexibility index (Phi) is 6.22. The van der Waals surface area contributed by atoms with Gasteiger partial charge >= 0.3 is 0 Å². The van der Waals surface area contributed by atoms with E-state index in [1.54, 1.807) is 0 Å². The summed E-state index contributed by atoms with van der Waals surface area (Å²) in [7, 11) is 0. The van der Waals surface area contributed by atoms with Crippen LogP contribution in [0.4, 0.5) is 5.69 Å². The van der Waals surface area contributed by atoms with Gasteiger partial charge in [0.2, 0.25) is 0 Å². The molecular formula is C18H22N2OS. The molecule has 0 heterocycles. The predicted octanol–water partition coefficient (Wildman–Crippen LogP) is 4.13. The molecule has 0 aliphatic rings. The van der Waals surface area contributed by atoms with E-state index in [9.17, 15) is 0 Å². The zero-order valence-corrected chi connectivity index (χ0v) is 13.9. The molecule has 22 heavy (non-hydrogen) atoms. The van der Waals surface area contributed by atoms with Gasteiger partial charge in [0.05, 0.1) is 6.61 Å². The van der Waals surface area contributed by atoms with E-state index in [0.29, 0.717) is 18.3 Å². The Morgan fingerprint density at radius 1 is 0.955 bits per heavy atom. The molecule has 0 fully saturated rings. The number of benzene rings is 2. The van der Waals surface area contributed by atoms with Crippen molar-refractivity contribution in [3.8, 4) is 5.75 Å². The van der Waals surface area contributed by atoms with E-state index in [4.69, 9.17) is 17.0 Å². The third kappa shape index (κ3) is 5.04. The fourth-order valence-electron chi connectivity index (χ4n) is 2.05. The Morgan fingerprint density at radius 2 is 1.59 bits per heavy atom. The molecule has 0 aromatic heterocycles. The van der Waals surface area contributed by atoms with E-state index in [0.717, 1.165) is 23.4 Å². The van der Waals surface area contributed by atoms with E-state index >= 15 is 0 Å². The minimum atomic E-state index is 0.623. The van der Waals surface area contributed by atoms with Crippen LogP contribution in [0.5, 0.6) is 5.75 Å². The van der Waals surface area contributed by atoms with Crippen molar-refractivity contribution in [2.45, 2.75) is 26.8 Å². The molecule has 0 aliphatic heterocycles. The molecular weight excluding hydrogens is 292 g/mol. The van der Waals surface area contributed by atoms with E-state index in [-0.39, 0.29) is 0 Å². The van der Waals surface area contributed by atoms with Gasteiger partial charge in [-0.15, -0.1) is 0 Å². The maximum atomic E-state index is 5.43. The molecule has 0 atom stereocenters. The van der Waals surface area contributed by atoms with Gasteiger partial charge < -0.3 is 15.4 Å². The average molecular weight is 314 g/mol. The van der Waals surface area contributed by atoms with Gasteiger partial charge in [-0.3, -0.25) is 0 Å². The highest BCUT2D eigenvalue weighted by Gasteiger charge is 1.99. The van der Waals surface area contributed by atoms with Gasteiger partial charge in [0, 0.05) is 12.2 Å². The molecule has 0 aliphatic carbocycles. The Balaban J connectivity index is 1.81. The fraction of sp³-hybridized carbons (Fsp3) is 0.278. The lowest BCUT2D eigenvalue weighted by molar-refractivity contribution is 0.340. The van der Waals surface area contributed by atoms with Gasteiger partial charge in [-0.25, -0.2) is 0 Å². The van der Waals surface area contributed by atoms with E-state index in [1.807, 2.05) is 43.3 Å². The molecule has 4 heteroatoms. The van der Waals surface area contributed by atoms with Crippen LogP contribution in [-0.4, -0.2) is 11.7 Å². The molecule has 2 N–H and O–H groups in total. The van der Waals surface area contributed by atoms with Crippen molar-refractivity contribution < 1.29 is 4.74 Å². The van der Waals surface area contributed by atoms with Crippen LogP contribution in [0.2, 0.25) is 0 Å². The lowest BCUT2D eigenvalue weighted by Gasteiger charge is -2.11. The van der Waals surface area contributed by atoms with Gasteiger partial charge in [0.1, 0.15) is 5.75 Å². The summed E-state index contributed by atoms with van der Waals surface area (Å²) in [6.45, 7) is 5.49. The topological polar surface area (TPSA) is 33.3 Å². The average Bonchev–Trinajstić information content (AvgIpc) is 2.55. The maximum Gasteiger partial charge on any atom is 0.171 e. The first kappa shape index (κ1) is 16.3. The molecule has 2 aromatic rings. The van der Waals surface area contributed by atoms with Crippen LogP contribution in [-0.2, 0) is 13.0 Å². The second kappa shape index (κ2) is 8.39. The Labute approximate surface area is 137 Å². The quantitative estimate of drug-likeness (QED) is 0.785. The molecule has 0 amide bonds. The zero-order valence-electron chi connectivity index (χ0n) is 13.1. The van der Waals surface area contributed by atoms with Crippen LogP contribution >= 0.6 is 12.2 Å². The first-order valence-corrected chi connectivity index (χ1v) is 7.97.